The number of hydrogen-bond acceptors (Lipinski definition) is 0. The van der Waals surface area contributed by atoms with Gasteiger partial charge < -0.3 is 0 Å². The van der Waals surface area contributed by atoms with Crippen LogP contribution < -0.4 is 0 Å². The van der Waals surface area contributed by atoms with E-state index in [1.165, 1.54) is 76.8 Å². The molecule has 0 saturated carbocycles. The number of hydrogen-bond donors (Lipinski definition) is 0. The van der Waals surface area contributed by atoms with Crippen LogP contribution in [0, 0.1) is 0 Å². The van der Waals surface area contributed by atoms with Crippen LogP contribution >= 0.6 is 0 Å². The van der Waals surface area contributed by atoms with Crippen molar-refractivity contribution < 1.29 is 0 Å². The Labute approximate surface area is 242 Å². The van der Waals surface area contributed by atoms with Crippen molar-refractivity contribution in [3.8, 4) is 33.4 Å². The molecule has 0 heterocycles. The molecule has 0 atom stereocenters. The minimum absolute atomic E-state index is 1.06. The van der Waals surface area contributed by atoms with Crippen LogP contribution in [0.1, 0.15) is 24.5 Å². The second-order valence-electron chi connectivity index (χ2n) is 10.9. The van der Waals surface area contributed by atoms with Crippen LogP contribution in [-0.4, -0.2) is 0 Å². The van der Waals surface area contributed by atoms with Gasteiger partial charge in [-0.15, -0.1) is 0 Å². The fourth-order valence-electron chi connectivity index (χ4n) is 6.41. The highest BCUT2D eigenvalue weighted by molar-refractivity contribution is 6.25. The highest BCUT2D eigenvalue weighted by Gasteiger charge is 2.15. The van der Waals surface area contributed by atoms with Crippen LogP contribution in [0.2, 0.25) is 0 Å². The van der Waals surface area contributed by atoms with Crippen molar-refractivity contribution in [2.24, 2.45) is 0 Å². The summed E-state index contributed by atoms with van der Waals surface area (Å²) in [7, 11) is 0. The van der Waals surface area contributed by atoms with E-state index in [0.717, 1.165) is 12.8 Å². The molecule has 0 amide bonds. The largest absolute Gasteiger partial charge is 0.0985 e. The van der Waals surface area contributed by atoms with E-state index < -0.39 is 0 Å². The summed E-state index contributed by atoms with van der Waals surface area (Å²) < 4.78 is 0. The van der Waals surface area contributed by atoms with Gasteiger partial charge in [0.25, 0.3) is 0 Å². The molecule has 0 N–H and O–H groups in total. The first-order chi connectivity index (χ1) is 20.2. The van der Waals surface area contributed by atoms with Gasteiger partial charge in [-0.25, -0.2) is 0 Å². The molecule has 0 aromatic heterocycles. The predicted octanol–water partition coefficient (Wildman–Crippen LogP) is 11.7. The molecule has 0 nitrogen and oxygen atoms in total. The lowest BCUT2D eigenvalue weighted by atomic mass is 9.87. The fraction of sp³-hybridized carbons (Fsp3) is 0.0732. The van der Waals surface area contributed by atoms with E-state index in [9.17, 15) is 0 Å². The van der Waals surface area contributed by atoms with E-state index >= 15 is 0 Å². The summed E-state index contributed by atoms with van der Waals surface area (Å²) >= 11 is 0. The fourth-order valence-corrected chi connectivity index (χ4v) is 6.41. The number of rotatable bonds is 6. The van der Waals surface area contributed by atoms with E-state index in [4.69, 9.17) is 0 Å². The van der Waals surface area contributed by atoms with Gasteiger partial charge in [-0.1, -0.05) is 141 Å². The van der Waals surface area contributed by atoms with Gasteiger partial charge in [0, 0.05) is 0 Å². The highest BCUT2D eigenvalue weighted by atomic mass is 14.2. The van der Waals surface area contributed by atoms with Crippen LogP contribution in [0.5, 0.6) is 0 Å². The third-order valence-electron chi connectivity index (χ3n) is 8.34. The second-order valence-corrected chi connectivity index (χ2v) is 10.9. The molecule has 0 saturated heterocycles. The molecule has 0 unspecified atom stereocenters. The summed E-state index contributed by atoms with van der Waals surface area (Å²) in [6.07, 6.45) is 4.15. The zero-order valence-corrected chi connectivity index (χ0v) is 23.4. The Kier molecular flexibility index (Phi) is 6.45. The first-order valence-corrected chi connectivity index (χ1v) is 14.5. The van der Waals surface area contributed by atoms with Crippen molar-refractivity contribution in [1.82, 2.24) is 0 Å². The van der Waals surface area contributed by atoms with Crippen LogP contribution in [0.15, 0.2) is 140 Å². The summed E-state index contributed by atoms with van der Waals surface area (Å²) in [6.45, 7) is 6.26. The smallest absolute Gasteiger partial charge is 0.00259 e. The topological polar surface area (TPSA) is 0 Å². The van der Waals surface area contributed by atoms with Gasteiger partial charge in [0.1, 0.15) is 0 Å². The minimum Gasteiger partial charge on any atom is -0.0985 e. The highest BCUT2D eigenvalue weighted by Crippen LogP contribution is 2.42. The normalized spacial score (nSPS) is 11.3. The van der Waals surface area contributed by atoms with Crippen molar-refractivity contribution in [3.63, 3.8) is 0 Å². The molecule has 0 aliphatic heterocycles. The molecule has 0 aliphatic carbocycles. The third-order valence-corrected chi connectivity index (χ3v) is 8.34. The second kappa shape index (κ2) is 10.6. The summed E-state index contributed by atoms with van der Waals surface area (Å²) in [5, 5.41) is 7.75. The van der Waals surface area contributed by atoms with Crippen molar-refractivity contribution in [2.75, 3.05) is 0 Å². The SMILES string of the molecule is C=Cc1ccc(-c2cccc(-c3cc4cc(-c5ccccc5)c5ccccc5c4c4ccccc34)c2)cc1CCC. The molecular weight excluding hydrogens is 492 g/mol. The number of benzene rings is 7. The van der Waals surface area contributed by atoms with E-state index in [0.29, 0.717) is 0 Å². The van der Waals surface area contributed by atoms with Gasteiger partial charge in [0.2, 0.25) is 0 Å². The summed E-state index contributed by atoms with van der Waals surface area (Å²) in [5.74, 6) is 0. The standard InChI is InChI=1S/C41H32/c1-3-13-30-24-32(23-22-28(30)4-2)31-16-12-17-33(25-31)40-27-34-26-39(29-14-6-5-7-15-29)35-18-8-10-20-37(35)41(34)38-21-11-9-19-36(38)40/h4-12,14-27H,2-3,13H2,1H3. The average Bonchev–Trinajstić information content (AvgIpc) is 3.04. The maximum atomic E-state index is 4.03. The zero-order chi connectivity index (χ0) is 27.8. The molecular formula is C41H32. The Balaban J connectivity index is 1.48. The molecule has 0 spiro atoms. The predicted molar refractivity (Wildman–Crippen MR) is 179 cm³/mol. The Morgan fingerprint density at radius 2 is 1.07 bits per heavy atom. The lowest BCUT2D eigenvalue weighted by Crippen LogP contribution is -1.91. The molecule has 0 radical (unpaired) electrons. The average molecular weight is 525 g/mol. The first-order valence-electron chi connectivity index (χ1n) is 14.5. The van der Waals surface area contributed by atoms with Crippen molar-refractivity contribution in [3.05, 3.63) is 151 Å². The Morgan fingerprint density at radius 1 is 0.512 bits per heavy atom. The van der Waals surface area contributed by atoms with Crippen LogP contribution in [-0.2, 0) is 6.42 Å². The molecule has 7 aromatic carbocycles. The molecule has 7 rings (SSSR count). The lowest BCUT2D eigenvalue weighted by Gasteiger charge is -2.16. The Hall–Kier alpha value is -4.94. The summed E-state index contributed by atoms with van der Waals surface area (Å²) in [5.41, 5.74) is 10.1. The van der Waals surface area contributed by atoms with Crippen LogP contribution in [0.3, 0.4) is 0 Å². The Morgan fingerprint density at radius 3 is 1.73 bits per heavy atom. The van der Waals surface area contributed by atoms with Gasteiger partial charge in [-0.2, -0.15) is 0 Å². The number of fused-ring (bicyclic) bond motifs is 5. The van der Waals surface area contributed by atoms with Gasteiger partial charge in [-0.05, 0) is 101 Å². The first kappa shape index (κ1) is 25.1. The van der Waals surface area contributed by atoms with Gasteiger partial charge >= 0.3 is 0 Å². The zero-order valence-electron chi connectivity index (χ0n) is 23.4. The third kappa shape index (κ3) is 4.42. The maximum absolute atomic E-state index is 4.03. The quantitative estimate of drug-likeness (QED) is 0.190. The van der Waals surface area contributed by atoms with E-state index in [1.807, 2.05) is 6.08 Å². The van der Waals surface area contributed by atoms with Crippen LogP contribution in [0.25, 0.3) is 71.8 Å². The minimum atomic E-state index is 1.06. The van der Waals surface area contributed by atoms with Crippen molar-refractivity contribution >= 4 is 38.4 Å². The maximum Gasteiger partial charge on any atom is -0.00259 e. The van der Waals surface area contributed by atoms with Crippen molar-refractivity contribution in [2.45, 2.75) is 19.8 Å². The molecule has 196 valence electrons. The van der Waals surface area contributed by atoms with Gasteiger partial charge in [0.05, 0.1) is 0 Å². The summed E-state index contributed by atoms with van der Waals surface area (Å²) in [6, 6.07) is 49.1. The van der Waals surface area contributed by atoms with Crippen LogP contribution in [0.4, 0.5) is 0 Å². The van der Waals surface area contributed by atoms with Crippen molar-refractivity contribution in [1.29, 1.82) is 0 Å². The Bertz CT molecular complexity index is 2060. The molecule has 0 bridgehead atoms. The monoisotopic (exact) mass is 524 g/mol. The lowest BCUT2D eigenvalue weighted by molar-refractivity contribution is 0.920. The van der Waals surface area contributed by atoms with E-state index in [-0.39, 0.29) is 0 Å². The van der Waals surface area contributed by atoms with E-state index in [2.05, 4.69) is 147 Å². The molecule has 41 heavy (non-hydrogen) atoms. The molecule has 0 aliphatic rings. The van der Waals surface area contributed by atoms with Gasteiger partial charge in [0.15, 0.2) is 0 Å². The molecule has 0 fully saturated rings. The molecule has 7 aromatic rings. The summed E-state index contributed by atoms with van der Waals surface area (Å²) in [4.78, 5) is 0. The molecule has 0 heteroatoms. The van der Waals surface area contributed by atoms with Gasteiger partial charge in [-0.3, -0.25) is 0 Å². The van der Waals surface area contributed by atoms with E-state index in [1.54, 1.807) is 0 Å². The number of aryl methyl sites for hydroxylation is 1.